The third-order valence-electron chi connectivity index (χ3n) is 3.69. The molecule has 23 heavy (non-hydrogen) atoms. The number of aliphatic hydroxyl groups excluding tert-OH is 1. The number of anilines is 1. The van der Waals surface area contributed by atoms with Crippen molar-refractivity contribution in [2.45, 2.75) is 25.5 Å². The zero-order chi connectivity index (χ0) is 16.2. The fourth-order valence-corrected chi connectivity index (χ4v) is 3.95. The lowest BCUT2D eigenvalue weighted by Crippen LogP contribution is -2.50. The first-order valence-corrected chi connectivity index (χ1v) is 9.18. The fourth-order valence-electron chi connectivity index (χ4n) is 2.55. The minimum atomic E-state index is -0.584. The number of carbonyl (C=O) groups is 1. The molecule has 0 radical (unpaired) electrons. The summed E-state index contributed by atoms with van der Waals surface area (Å²) in [5.41, 5.74) is 0.886. The molecule has 3 rings (SSSR count). The summed E-state index contributed by atoms with van der Waals surface area (Å²) in [4.78, 5) is 19.4. The van der Waals surface area contributed by atoms with Crippen LogP contribution in [0.25, 0.3) is 0 Å². The van der Waals surface area contributed by atoms with Gasteiger partial charge < -0.3 is 14.7 Å². The second-order valence-corrected chi connectivity index (χ2v) is 7.25. The van der Waals surface area contributed by atoms with Crippen molar-refractivity contribution in [3.8, 4) is 0 Å². The van der Waals surface area contributed by atoms with Crippen molar-refractivity contribution in [3.05, 3.63) is 33.5 Å². The zero-order valence-electron chi connectivity index (χ0n) is 12.8. The Morgan fingerprint density at radius 3 is 3.17 bits per heavy atom. The highest BCUT2D eigenvalue weighted by atomic mass is 32.1. The van der Waals surface area contributed by atoms with Crippen molar-refractivity contribution in [1.82, 2.24) is 9.88 Å². The maximum Gasteiger partial charge on any atom is 0.324 e. The second kappa shape index (κ2) is 7.39. The smallest absolute Gasteiger partial charge is 0.324 e. The van der Waals surface area contributed by atoms with Crippen molar-refractivity contribution in [2.75, 3.05) is 25.1 Å². The van der Waals surface area contributed by atoms with Crippen LogP contribution in [0.1, 0.15) is 23.1 Å². The quantitative estimate of drug-likeness (QED) is 0.886. The first-order valence-electron chi connectivity index (χ1n) is 7.42. The van der Waals surface area contributed by atoms with E-state index >= 15 is 0 Å². The Balaban J connectivity index is 1.64. The number of nitrogens with zero attached hydrogens (tertiary/aromatic N) is 2. The van der Waals surface area contributed by atoms with Gasteiger partial charge in [-0.1, -0.05) is 6.07 Å². The lowest BCUT2D eigenvalue weighted by molar-refractivity contribution is -0.00382. The molecule has 2 N–H and O–H groups in total. The van der Waals surface area contributed by atoms with Crippen LogP contribution < -0.4 is 5.32 Å². The molecule has 1 aliphatic heterocycles. The number of hydrogen-bond donors (Lipinski definition) is 2. The van der Waals surface area contributed by atoms with Crippen molar-refractivity contribution >= 4 is 33.8 Å². The summed E-state index contributed by atoms with van der Waals surface area (Å²) in [5.74, 6) is 0. The van der Waals surface area contributed by atoms with Gasteiger partial charge >= 0.3 is 6.03 Å². The lowest BCUT2D eigenvalue weighted by Gasteiger charge is -2.36. The number of aliphatic hydroxyl groups is 1. The average Bonchev–Trinajstić information content (AvgIpc) is 3.19. The highest BCUT2D eigenvalue weighted by molar-refractivity contribution is 7.13. The van der Waals surface area contributed by atoms with Crippen molar-refractivity contribution in [1.29, 1.82) is 0 Å². The van der Waals surface area contributed by atoms with E-state index in [1.165, 1.54) is 22.7 Å². The highest BCUT2D eigenvalue weighted by Gasteiger charge is 2.30. The summed E-state index contributed by atoms with van der Waals surface area (Å²) < 4.78 is 5.49. The lowest BCUT2D eigenvalue weighted by atomic mass is 10.1. The average molecular weight is 353 g/mol. The third-order valence-corrected chi connectivity index (χ3v) is 5.54. The molecule has 8 heteroatoms. The molecule has 0 aliphatic carbocycles. The van der Waals surface area contributed by atoms with Crippen LogP contribution in [-0.2, 0) is 4.74 Å². The summed E-state index contributed by atoms with van der Waals surface area (Å²) in [6.07, 6.45) is -0.121. The van der Waals surface area contributed by atoms with Crippen LogP contribution in [0.5, 0.6) is 0 Å². The van der Waals surface area contributed by atoms with Gasteiger partial charge in [-0.15, -0.1) is 22.7 Å². The number of thiophene rings is 1. The van der Waals surface area contributed by atoms with E-state index in [0.29, 0.717) is 31.3 Å². The highest BCUT2D eigenvalue weighted by Crippen LogP contribution is 2.26. The Morgan fingerprint density at radius 2 is 2.48 bits per heavy atom. The number of nitrogens with one attached hydrogen (secondary N) is 1. The Kier molecular flexibility index (Phi) is 5.27. The van der Waals surface area contributed by atoms with Crippen LogP contribution in [0.4, 0.5) is 9.93 Å². The number of morpholine rings is 1. The molecule has 0 spiro atoms. The molecule has 1 saturated heterocycles. The molecule has 2 aromatic heterocycles. The first-order chi connectivity index (χ1) is 11.1. The van der Waals surface area contributed by atoms with Gasteiger partial charge in [-0.05, 0) is 18.4 Å². The van der Waals surface area contributed by atoms with Gasteiger partial charge in [0.05, 0.1) is 31.1 Å². The Bertz CT molecular complexity index is 644. The molecule has 0 bridgehead atoms. The van der Waals surface area contributed by atoms with E-state index in [0.717, 1.165) is 10.6 Å². The second-order valence-electron chi connectivity index (χ2n) is 5.41. The maximum atomic E-state index is 12.5. The molecule has 0 aromatic carbocycles. The van der Waals surface area contributed by atoms with E-state index in [-0.39, 0.29) is 12.1 Å². The summed E-state index contributed by atoms with van der Waals surface area (Å²) in [5, 5.41) is 17.6. The molecule has 3 heterocycles. The topological polar surface area (TPSA) is 74.7 Å². The van der Waals surface area contributed by atoms with Crippen LogP contribution in [-0.4, -0.2) is 46.8 Å². The molecule has 2 amide bonds. The number of thiazole rings is 1. The molecule has 124 valence electrons. The van der Waals surface area contributed by atoms with E-state index in [1.807, 2.05) is 29.8 Å². The molecule has 1 aliphatic rings. The fraction of sp³-hybridized carbons (Fsp3) is 0.467. The monoisotopic (exact) mass is 353 g/mol. The SMILES string of the molecule is Cc1csc(NC(=O)N2CCOC[C@H]2C[C@H](O)c2cccs2)n1. The van der Waals surface area contributed by atoms with E-state index in [4.69, 9.17) is 4.74 Å². The van der Waals surface area contributed by atoms with Crippen molar-refractivity contribution in [2.24, 2.45) is 0 Å². The number of aromatic nitrogens is 1. The van der Waals surface area contributed by atoms with Gasteiger partial charge in [0.1, 0.15) is 0 Å². The Hall–Kier alpha value is -1.48. The number of rotatable bonds is 4. The molecule has 6 nitrogen and oxygen atoms in total. The molecule has 2 aromatic rings. The standard InChI is InChI=1S/C15H19N3O3S2/c1-10-9-23-14(16-10)17-15(20)18-4-5-21-8-11(18)7-12(19)13-3-2-6-22-13/h2-3,6,9,11-12,19H,4-5,7-8H2,1H3,(H,16,17,20)/t11-,12+/m1/s1. The summed E-state index contributed by atoms with van der Waals surface area (Å²) in [6, 6.07) is 3.48. The molecule has 2 atom stereocenters. The van der Waals surface area contributed by atoms with E-state index in [1.54, 1.807) is 4.90 Å². The predicted octanol–water partition coefficient (Wildman–Crippen LogP) is 2.87. The molecule has 0 unspecified atom stereocenters. The number of ether oxygens (including phenoxy) is 1. The van der Waals surface area contributed by atoms with Crippen LogP contribution in [0.2, 0.25) is 0 Å². The Labute approximate surface area is 142 Å². The number of urea groups is 1. The number of aryl methyl sites for hydroxylation is 1. The number of amides is 2. The summed E-state index contributed by atoms with van der Waals surface area (Å²) in [6.45, 7) is 3.35. The van der Waals surface area contributed by atoms with E-state index < -0.39 is 6.10 Å². The minimum Gasteiger partial charge on any atom is -0.387 e. The van der Waals surface area contributed by atoms with Crippen molar-refractivity contribution < 1.29 is 14.6 Å². The molecular weight excluding hydrogens is 334 g/mol. The molecular formula is C15H19N3O3S2. The van der Waals surface area contributed by atoms with Gasteiger partial charge in [0.2, 0.25) is 0 Å². The van der Waals surface area contributed by atoms with Crippen LogP contribution in [0, 0.1) is 6.92 Å². The number of carbonyl (C=O) groups excluding carboxylic acids is 1. The van der Waals surface area contributed by atoms with Gasteiger partial charge in [0.25, 0.3) is 0 Å². The van der Waals surface area contributed by atoms with Gasteiger partial charge in [0, 0.05) is 23.2 Å². The maximum absolute atomic E-state index is 12.5. The largest absolute Gasteiger partial charge is 0.387 e. The van der Waals surface area contributed by atoms with Crippen LogP contribution >= 0.6 is 22.7 Å². The van der Waals surface area contributed by atoms with E-state index in [2.05, 4.69) is 10.3 Å². The molecule has 1 fully saturated rings. The van der Waals surface area contributed by atoms with Gasteiger partial charge in [-0.3, -0.25) is 5.32 Å². The minimum absolute atomic E-state index is 0.151. The first kappa shape index (κ1) is 16.4. The third kappa shape index (κ3) is 4.08. The number of hydrogen-bond acceptors (Lipinski definition) is 6. The predicted molar refractivity (Wildman–Crippen MR) is 91.1 cm³/mol. The van der Waals surface area contributed by atoms with Gasteiger partial charge in [-0.25, -0.2) is 9.78 Å². The summed E-state index contributed by atoms with van der Waals surface area (Å²) in [7, 11) is 0. The van der Waals surface area contributed by atoms with Crippen molar-refractivity contribution in [3.63, 3.8) is 0 Å². The Morgan fingerprint density at radius 1 is 1.61 bits per heavy atom. The van der Waals surface area contributed by atoms with Gasteiger partial charge in [0.15, 0.2) is 5.13 Å². The summed E-state index contributed by atoms with van der Waals surface area (Å²) >= 11 is 2.92. The van der Waals surface area contributed by atoms with Crippen LogP contribution in [0.15, 0.2) is 22.9 Å². The van der Waals surface area contributed by atoms with E-state index in [9.17, 15) is 9.90 Å². The van der Waals surface area contributed by atoms with Crippen LogP contribution in [0.3, 0.4) is 0 Å². The normalized spacial score (nSPS) is 19.6. The zero-order valence-corrected chi connectivity index (χ0v) is 14.4. The van der Waals surface area contributed by atoms with Gasteiger partial charge in [-0.2, -0.15) is 0 Å². The molecule has 0 saturated carbocycles.